The Kier molecular flexibility index (Phi) is 2.49. The summed E-state index contributed by atoms with van der Waals surface area (Å²) in [6.07, 6.45) is 1.63. The second kappa shape index (κ2) is 4.15. The van der Waals surface area contributed by atoms with Gasteiger partial charge in [0.2, 0.25) is 0 Å². The highest BCUT2D eigenvalue weighted by Gasteiger charge is 2.26. The van der Waals surface area contributed by atoms with E-state index < -0.39 is 5.91 Å². The Morgan fingerprint density at radius 3 is 2.61 bits per heavy atom. The van der Waals surface area contributed by atoms with Gasteiger partial charge in [-0.15, -0.1) is 5.10 Å². The molecule has 88 valence electrons. The van der Waals surface area contributed by atoms with Crippen molar-refractivity contribution in [2.45, 2.75) is 0 Å². The maximum atomic E-state index is 11.8. The van der Waals surface area contributed by atoms with E-state index in [4.69, 9.17) is 0 Å². The SMILES string of the molecule is O=C1NC(=O)c2ccccc2/C1=C\c1csnn1. The topological polar surface area (TPSA) is 72.0 Å². The minimum absolute atomic E-state index is 0.371. The molecule has 6 heteroatoms. The van der Waals surface area contributed by atoms with E-state index in [1.54, 1.807) is 35.7 Å². The van der Waals surface area contributed by atoms with Crippen molar-refractivity contribution in [3.8, 4) is 0 Å². The third-order valence-corrected chi connectivity index (χ3v) is 3.13. The van der Waals surface area contributed by atoms with Gasteiger partial charge in [0.25, 0.3) is 11.8 Å². The minimum atomic E-state index is -0.410. The van der Waals surface area contributed by atoms with Crippen LogP contribution in [-0.2, 0) is 4.79 Å². The van der Waals surface area contributed by atoms with Gasteiger partial charge in [-0.05, 0) is 23.7 Å². The number of carbonyl (C=O) groups is 2. The van der Waals surface area contributed by atoms with Crippen molar-refractivity contribution in [1.82, 2.24) is 14.9 Å². The number of nitrogens with one attached hydrogen (secondary N) is 1. The van der Waals surface area contributed by atoms with E-state index in [2.05, 4.69) is 14.9 Å². The first-order valence-electron chi connectivity index (χ1n) is 5.19. The lowest BCUT2D eigenvalue weighted by Crippen LogP contribution is -2.36. The molecule has 0 unspecified atom stereocenters. The van der Waals surface area contributed by atoms with Crippen LogP contribution in [0.4, 0.5) is 0 Å². The summed E-state index contributed by atoms with van der Waals surface area (Å²) in [7, 11) is 0. The van der Waals surface area contributed by atoms with Crippen molar-refractivity contribution < 1.29 is 9.59 Å². The molecule has 0 saturated heterocycles. The average Bonchev–Trinajstić information content (AvgIpc) is 2.87. The summed E-state index contributed by atoms with van der Waals surface area (Å²) in [5.41, 5.74) is 2.15. The highest BCUT2D eigenvalue weighted by Crippen LogP contribution is 2.25. The first-order chi connectivity index (χ1) is 8.75. The Morgan fingerprint density at radius 1 is 1.11 bits per heavy atom. The molecular weight excluding hydrogens is 250 g/mol. The first kappa shape index (κ1) is 10.8. The van der Waals surface area contributed by atoms with E-state index in [1.807, 2.05) is 0 Å². The molecular formula is C12H7N3O2S. The number of benzene rings is 1. The molecule has 1 aliphatic rings. The summed E-state index contributed by atoms with van der Waals surface area (Å²) in [4.78, 5) is 23.5. The molecule has 0 saturated carbocycles. The van der Waals surface area contributed by atoms with Crippen molar-refractivity contribution in [2.24, 2.45) is 0 Å². The number of amides is 2. The Balaban J connectivity index is 2.18. The van der Waals surface area contributed by atoms with Gasteiger partial charge < -0.3 is 0 Å². The molecule has 1 aromatic heterocycles. The highest BCUT2D eigenvalue weighted by molar-refractivity contribution is 7.03. The van der Waals surface area contributed by atoms with Crippen LogP contribution in [0.5, 0.6) is 0 Å². The predicted octanol–water partition coefficient (Wildman–Crippen LogP) is 1.35. The van der Waals surface area contributed by atoms with Crippen LogP contribution >= 0.6 is 11.5 Å². The van der Waals surface area contributed by atoms with Crippen molar-refractivity contribution in [3.63, 3.8) is 0 Å². The quantitative estimate of drug-likeness (QED) is 0.618. The van der Waals surface area contributed by atoms with Crippen LogP contribution in [0, 0.1) is 0 Å². The number of aromatic nitrogens is 2. The lowest BCUT2D eigenvalue weighted by molar-refractivity contribution is -0.114. The van der Waals surface area contributed by atoms with Gasteiger partial charge in [0.1, 0.15) is 0 Å². The average molecular weight is 257 g/mol. The summed E-state index contributed by atoms with van der Waals surface area (Å²) >= 11 is 1.21. The normalized spacial score (nSPS) is 16.6. The van der Waals surface area contributed by atoms with Crippen LogP contribution in [0.3, 0.4) is 0 Å². The third kappa shape index (κ3) is 1.72. The van der Waals surface area contributed by atoms with Gasteiger partial charge in [-0.2, -0.15) is 0 Å². The molecule has 2 amide bonds. The van der Waals surface area contributed by atoms with Crippen molar-refractivity contribution in [3.05, 3.63) is 46.5 Å². The molecule has 1 aliphatic heterocycles. The number of hydrogen-bond donors (Lipinski definition) is 1. The maximum absolute atomic E-state index is 11.8. The second-order valence-corrected chi connectivity index (χ2v) is 4.33. The van der Waals surface area contributed by atoms with Crippen molar-refractivity contribution in [1.29, 1.82) is 0 Å². The van der Waals surface area contributed by atoms with E-state index in [0.717, 1.165) is 0 Å². The lowest BCUT2D eigenvalue weighted by Gasteiger charge is -2.17. The molecule has 2 heterocycles. The summed E-state index contributed by atoms with van der Waals surface area (Å²) in [5, 5.41) is 7.91. The Morgan fingerprint density at radius 2 is 1.89 bits per heavy atom. The fraction of sp³-hybridized carbons (Fsp3) is 0. The zero-order chi connectivity index (χ0) is 12.5. The summed E-state index contributed by atoms with van der Waals surface area (Å²) in [6.45, 7) is 0. The standard InChI is InChI=1S/C12H7N3O2S/c16-11-9-4-2-1-3-8(9)10(12(17)13-11)5-7-6-18-15-14-7/h1-6H,(H,13,16,17)/b10-5+. The summed E-state index contributed by atoms with van der Waals surface area (Å²) in [6, 6.07) is 6.98. The maximum Gasteiger partial charge on any atom is 0.258 e. The number of nitrogens with zero attached hydrogens (tertiary/aromatic N) is 2. The van der Waals surface area contributed by atoms with Gasteiger partial charge in [-0.25, -0.2) is 0 Å². The van der Waals surface area contributed by atoms with Gasteiger partial charge in [-0.3, -0.25) is 14.9 Å². The number of imide groups is 1. The molecule has 0 fully saturated rings. The number of fused-ring (bicyclic) bond motifs is 1. The molecule has 1 aromatic carbocycles. The number of carbonyl (C=O) groups excluding carboxylic acids is 2. The molecule has 1 N–H and O–H groups in total. The smallest absolute Gasteiger partial charge is 0.258 e. The highest BCUT2D eigenvalue weighted by atomic mass is 32.1. The van der Waals surface area contributed by atoms with E-state index in [9.17, 15) is 9.59 Å². The Bertz CT molecular complexity index is 662. The lowest BCUT2D eigenvalue weighted by atomic mass is 9.94. The molecule has 0 aliphatic carbocycles. The van der Waals surface area contributed by atoms with Crippen LogP contribution in [0.25, 0.3) is 11.6 Å². The van der Waals surface area contributed by atoms with E-state index >= 15 is 0 Å². The van der Waals surface area contributed by atoms with Gasteiger partial charge in [0.05, 0.1) is 11.3 Å². The van der Waals surface area contributed by atoms with Crippen LogP contribution in [0.15, 0.2) is 29.6 Å². The van der Waals surface area contributed by atoms with Crippen LogP contribution in [0.2, 0.25) is 0 Å². The Hall–Kier alpha value is -2.34. The largest absolute Gasteiger partial charge is 0.288 e. The van der Waals surface area contributed by atoms with Gasteiger partial charge >= 0.3 is 0 Å². The first-order valence-corrected chi connectivity index (χ1v) is 6.03. The van der Waals surface area contributed by atoms with Crippen molar-refractivity contribution >= 4 is 35.0 Å². The monoisotopic (exact) mass is 257 g/mol. The Labute approximate surface area is 106 Å². The van der Waals surface area contributed by atoms with Gasteiger partial charge in [-0.1, -0.05) is 22.7 Å². The predicted molar refractivity (Wildman–Crippen MR) is 66.7 cm³/mol. The molecule has 3 rings (SSSR count). The van der Waals surface area contributed by atoms with Gasteiger partial charge in [0, 0.05) is 16.5 Å². The molecule has 0 bridgehead atoms. The minimum Gasteiger partial charge on any atom is -0.288 e. The molecule has 5 nitrogen and oxygen atoms in total. The zero-order valence-electron chi connectivity index (χ0n) is 9.08. The molecule has 0 radical (unpaired) electrons. The summed E-state index contributed by atoms with van der Waals surface area (Å²) in [5.74, 6) is -0.782. The van der Waals surface area contributed by atoms with E-state index in [-0.39, 0.29) is 5.91 Å². The van der Waals surface area contributed by atoms with Crippen LogP contribution in [-0.4, -0.2) is 21.4 Å². The molecule has 0 atom stereocenters. The van der Waals surface area contributed by atoms with E-state index in [0.29, 0.717) is 22.4 Å². The van der Waals surface area contributed by atoms with Crippen LogP contribution in [0.1, 0.15) is 21.6 Å². The zero-order valence-corrected chi connectivity index (χ0v) is 9.90. The number of hydrogen-bond acceptors (Lipinski definition) is 5. The van der Waals surface area contributed by atoms with Crippen LogP contribution < -0.4 is 5.32 Å². The molecule has 0 spiro atoms. The van der Waals surface area contributed by atoms with Crippen molar-refractivity contribution in [2.75, 3.05) is 0 Å². The fourth-order valence-electron chi connectivity index (χ4n) is 1.80. The number of rotatable bonds is 1. The summed E-state index contributed by atoms with van der Waals surface area (Å²) < 4.78 is 3.73. The second-order valence-electron chi connectivity index (χ2n) is 3.72. The fourth-order valence-corrected chi connectivity index (χ4v) is 2.21. The third-order valence-electron chi connectivity index (χ3n) is 2.60. The molecule has 2 aromatic rings. The van der Waals surface area contributed by atoms with Gasteiger partial charge in [0.15, 0.2) is 0 Å². The van der Waals surface area contributed by atoms with E-state index in [1.165, 1.54) is 11.5 Å². The molecule has 18 heavy (non-hydrogen) atoms.